The summed E-state index contributed by atoms with van der Waals surface area (Å²) in [5, 5.41) is 24.0. The van der Waals surface area contributed by atoms with Gasteiger partial charge in [-0.05, 0) is 81.4 Å². The standard InChI is InChI=1S/C40H51N5O6/c1-9-12-13-14-17-45-37(47)33-23(6)28-19-31-40(50,11-3)39(7,49)30(44-31)20-29-24(10-2)21(4)26(41-29)18-27-22(5)25(15-16-32(46)51-8)35(42-27)34(38(45)48)36(33)43-28/h18-20,22,25,42-43,49-50H,9-17H2,1-8H3/t22-,25-,39+,40-/m0/s1. The van der Waals surface area contributed by atoms with Crippen LogP contribution in [0.2, 0.25) is 0 Å². The first-order valence-electron chi connectivity index (χ1n) is 18.4. The van der Waals surface area contributed by atoms with E-state index in [2.05, 4.69) is 30.7 Å². The van der Waals surface area contributed by atoms with Crippen molar-refractivity contribution >= 4 is 40.0 Å². The molecule has 0 saturated carbocycles. The summed E-state index contributed by atoms with van der Waals surface area (Å²) < 4.78 is 5.01. The van der Waals surface area contributed by atoms with Crippen LogP contribution in [0.1, 0.15) is 165 Å². The van der Waals surface area contributed by atoms with Gasteiger partial charge in [0.15, 0.2) is 0 Å². The van der Waals surface area contributed by atoms with Gasteiger partial charge in [0.25, 0.3) is 11.8 Å². The van der Waals surface area contributed by atoms with Gasteiger partial charge in [-0.15, -0.1) is 0 Å². The van der Waals surface area contributed by atoms with E-state index in [1.807, 2.05) is 19.9 Å². The van der Waals surface area contributed by atoms with E-state index in [1.54, 1.807) is 26.0 Å². The van der Waals surface area contributed by atoms with E-state index in [9.17, 15) is 24.6 Å². The van der Waals surface area contributed by atoms with Crippen LogP contribution in [0.15, 0.2) is 18.2 Å². The third-order valence-electron chi connectivity index (χ3n) is 11.7. The summed E-state index contributed by atoms with van der Waals surface area (Å²) in [5.41, 5.74) is 4.15. The Morgan fingerprint density at radius 2 is 1.69 bits per heavy atom. The van der Waals surface area contributed by atoms with E-state index in [4.69, 9.17) is 14.7 Å². The second-order valence-corrected chi connectivity index (χ2v) is 14.6. The van der Waals surface area contributed by atoms with Crippen LogP contribution in [0.25, 0.3) is 22.2 Å². The van der Waals surface area contributed by atoms with Crippen LogP contribution < -0.4 is 0 Å². The number of imide groups is 1. The summed E-state index contributed by atoms with van der Waals surface area (Å²) in [6.07, 6.45) is 5.02. The molecule has 11 nitrogen and oxygen atoms in total. The molecule has 4 aliphatic rings. The Labute approximate surface area is 299 Å². The average Bonchev–Trinajstić information content (AvgIpc) is 3.74. The molecule has 2 aromatic heterocycles. The molecular weight excluding hydrogens is 646 g/mol. The van der Waals surface area contributed by atoms with Crippen LogP contribution in [0.4, 0.5) is 0 Å². The molecule has 0 saturated heterocycles. The van der Waals surface area contributed by atoms with E-state index in [-0.39, 0.29) is 54.5 Å². The normalized spacial score (nSPS) is 23.6. The molecule has 51 heavy (non-hydrogen) atoms. The summed E-state index contributed by atoms with van der Waals surface area (Å²) in [6, 6.07) is 5.45. The van der Waals surface area contributed by atoms with E-state index >= 15 is 0 Å². The fourth-order valence-corrected chi connectivity index (χ4v) is 8.23. The van der Waals surface area contributed by atoms with Gasteiger partial charge < -0.3 is 24.9 Å². The molecule has 6 heterocycles. The summed E-state index contributed by atoms with van der Waals surface area (Å²) >= 11 is 0. The zero-order valence-corrected chi connectivity index (χ0v) is 31.1. The molecule has 11 heteroatoms. The first-order chi connectivity index (χ1) is 24.2. The number of rotatable bonds is 10. The third kappa shape index (κ3) is 5.78. The second kappa shape index (κ2) is 13.7. The van der Waals surface area contributed by atoms with Gasteiger partial charge in [0.05, 0.1) is 46.5 Å². The lowest BCUT2D eigenvalue weighted by Gasteiger charge is -2.34. The number of aromatic nitrogens is 4. The molecule has 4 N–H and O–H groups in total. The molecule has 0 spiro atoms. The lowest BCUT2D eigenvalue weighted by molar-refractivity contribution is -0.149. The number of allylic oxidation sites excluding steroid dienone is 2. The highest BCUT2D eigenvalue weighted by atomic mass is 16.5. The number of H-pyrrole nitrogens is 2. The van der Waals surface area contributed by atoms with Gasteiger partial charge in [-0.25, -0.2) is 4.98 Å². The number of nitrogens with zero attached hydrogens (tertiary/aromatic N) is 3. The highest BCUT2D eigenvalue weighted by Gasteiger charge is 2.53. The summed E-state index contributed by atoms with van der Waals surface area (Å²) in [4.78, 5) is 59.6. The fourth-order valence-electron chi connectivity index (χ4n) is 8.23. The lowest BCUT2D eigenvalue weighted by atomic mass is 9.80. The molecule has 4 atom stereocenters. The van der Waals surface area contributed by atoms with Crippen molar-refractivity contribution in [3.05, 3.63) is 69.1 Å². The number of aromatic amines is 2. The van der Waals surface area contributed by atoms with Crippen molar-refractivity contribution in [1.29, 1.82) is 0 Å². The SMILES string of the molecule is CCCCCCN1C(=O)c2c3[nH]c(cc4nc(cc5nc(cc6[nH]c2c(c6C)C1=O)[C@@](O)(CC)[C@]5(C)O)C(CC)=C4C)[C@@H](C)[C@@H]3CCC(=O)OC. The maximum absolute atomic E-state index is 14.7. The number of unbranched alkanes of at least 4 members (excludes halogenated alkanes) is 3. The molecule has 6 rings (SSSR count). The van der Waals surface area contributed by atoms with Crippen molar-refractivity contribution < 1.29 is 29.3 Å². The minimum absolute atomic E-state index is 0.133. The Morgan fingerprint density at radius 3 is 2.35 bits per heavy atom. The van der Waals surface area contributed by atoms with Crippen LogP contribution in [0.5, 0.6) is 0 Å². The monoisotopic (exact) mass is 697 g/mol. The Hall–Kier alpha value is -4.35. The maximum Gasteiger partial charge on any atom is 0.305 e. The van der Waals surface area contributed by atoms with Gasteiger partial charge in [0, 0.05) is 41.7 Å². The molecule has 2 amide bonds. The predicted octanol–water partition coefficient (Wildman–Crippen LogP) is 7.21. The maximum atomic E-state index is 14.7. The van der Waals surface area contributed by atoms with Gasteiger partial charge in [-0.1, -0.05) is 47.0 Å². The Morgan fingerprint density at radius 1 is 0.961 bits per heavy atom. The van der Waals surface area contributed by atoms with Crippen LogP contribution in [-0.4, -0.2) is 66.5 Å². The van der Waals surface area contributed by atoms with Gasteiger partial charge in [0.1, 0.15) is 11.2 Å². The molecular formula is C40H51N5O6. The molecule has 0 aromatic carbocycles. The number of aryl methyl sites for hydroxylation is 1. The fraction of sp³-hybridized carbons (Fsp3) is 0.525. The first-order valence-corrected chi connectivity index (χ1v) is 18.4. The highest BCUT2D eigenvalue weighted by molar-refractivity contribution is 6.23. The van der Waals surface area contributed by atoms with Crippen LogP contribution in [0, 0.1) is 6.92 Å². The van der Waals surface area contributed by atoms with Gasteiger partial charge in [-0.3, -0.25) is 24.3 Å². The van der Waals surface area contributed by atoms with Crippen LogP contribution >= 0.6 is 0 Å². The van der Waals surface area contributed by atoms with E-state index in [0.29, 0.717) is 58.4 Å². The number of hydrogen-bond acceptors (Lipinski definition) is 8. The summed E-state index contributed by atoms with van der Waals surface area (Å²) in [5.74, 6) is -1.52. The van der Waals surface area contributed by atoms with E-state index in [0.717, 1.165) is 41.8 Å². The molecule has 0 fully saturated rings. The zero-order valence-electron chi connectivity index (χ0n) is 31.1. The van der Waals surface area contributed by atoms with Gasteiger partial charge >= 0.3 is 5.97 Å². The number of fused-ring (bicyclic) bond motifs is 8. The van der Waals surface area contributed by atoms with Gasteiger partial charge in [0.2, 0.25) is 0 Å². The molecule has 0 radical (unpaired) electrons. The number of hydrogen-bond donors (Lipinski definition) is 4. The quantitative estimate of drug-likeness (QED) is 0.115. The number of amides is 2. The topological polar surface area (TPSA) is 162 Å². The smallest absolute Gasteiger partial charge is 0.305 e. The molecule has 8 bridgehead atoms. The predicted molar refractivity (Wildman–Crippen MR) is 195 cm³/mol. The molecule has 0 aliphatic carbocycles. The van der Waals surface area contributed by atoms with Crippen molar-refractivity contribution in [2.75, 3.05) is 13.7 Å². The molecule has 4 aliphatic heterocycles. The molecule has 0 unspecified atom stereocenters. The summed E-state index contributed by atoms with van der Waals surface area (Å²) in [6.45, 7) is 13.7. The van der Waals surface area contributed by atoms with Crippen LogP contribution in [-0.2, 0) is 20.7 Å². The van der Waals surface area contributed by atoms with Gasteiger partial charge in [-0.2, -0.15) is 0 Å². The number of carbonyl (C=O) groups is 3. The molecule has 272 valence electrons. The van der Waals surface area contributed by atoms with E-state index < -0.39 is 17.1 Å². The molecule has 2 aromatic rings. The van der Waals surface area contributed by atoms with Crippen molar-refractivity contribution in [3.8, 4) is 0 Å². The van der Waals surface area contributed by atoms with Crippen molar-refractivity contribution in [3.63, 3.8) is 0 Å². The Kier molecular flexibility index (Phi) is 9.75. The van der Waals surface area contributed by atoms with Crippen LogP contribution in [0.3, 0.4) is 0 Å². The highest BCUT2D eigenvalue weighted by Crippen LogP contribution is 2.48. The number of methoxy groups -OCH3 is 1. The lowest BCUT2D eigenvalue weighted by Crippen LogP contribution is -2.43. The minimum atomic E-state index is -1.74. The number of esters is 1. The van der Waals surface area contributed by atoms with Crippen molar-refractivity contribution in [2.45, 2.75) is 123 Å². The number of aliphatic hydroxyl groups is 2. The number of carbonyl (C=O) groups excluding carboxylic acids is 3. The van der Waals surface area contributed by atoms with E-state index in [1.165, 1.54) is 12.0 Å². The second-order valence-electron chi connectivity index (χ2n) is 14.6. The van der Waals surface area contributed by atoms with Crippen molar-refractivity contribution in [2.24, 2.45) is 0 Å². The minimum Gasteiger partial charge on any atom is -0.469 e. The average molecular weight is 698 g/mol. The third-order valence-corrected chi connectivity index (χ3v) is 11.7. The summed E-state index contributed by atoms with van der Waals surface area (Å²) in [7, 11) is 1.37. The Balaban J connectivity index is 1.75. The first kappa shape index (κ1) is 36.4. The number of nitrogens with one attached hydrogen (secondary N) is 2. The van der Waals surface area contributed by atoms with Crippen molar-refractivity contribution in [1.82, 2.24) is 24.8 Å². The largest absolute Gasteiger partial charge is 0.469 e. The zero-order chi connectivity index (χ0) is 37.0. The Bertz CT molecular complexity index is 2020. The number of ether oxygens (including phenoxy) is 1.